The van der Waals surface area contributed by atoms with E-state index in [4.69, 9.17) is 15.2 Å². The molecule has 10 nitrogen and oxygen atoms in total. The molecule has 0 unspecified atom stereocenters. The van der Waals surface area contributed by atoms with Gasteiger partial charge in [-0.1, -0.05) is 0 Å². The largest absolute Gasteiger partial charge is 0.464 e. The molecule has 25 heavy (non-hydrogen) atoms. The fourth-order valence-electron chi connectivity index (χ4n) is 2.05. The molecule has 2 N–H and O–H groups in total. The van der Waals surface area contributed by atoms with E-state index in [9.17, 15) is 24.5 Å². The molecule has 136 valence electrons. The van der Waals surface area contributed by atoms with Crippen LogP contribution in [0.3, 0.4) is 0 Å². The van der Waals surface area contributed by atoms with E-state index >= 15 is 0 Å². The van der Waals surface area contributed by atoms with Crippen molar-refractivity contribution in [2.24, 2.45) is 5.73 Å². The fourth-order valence-corrected chi connectivity index (χ4v) is 2.05. The van der Waals surface area contributed by atoms with E-state index in [1.165, 1.54) is 32.0 Å². The van der Waals surface area contributed by atoms with Gasteiger partial charge in [-0.3, -0.25) is 24.5 Å². The van der Waals surface area contributed by atoms with Gasteiger partial charge < -0.3 is 20.1 Å². The molecular formula is C15H19N3O7. The molecule has 0 spiro atoms. The minimum absolute atomic E-state index is 0.0539. The Bertz CT molecular complexity index is 655. The third-order valence-electron chi connectivity index (χ3n) is 3.14. The lowest BCUT2D eigenvalue weighted by Gasteiger charge is -2.24. The first kappa shape index (κ1) is 19.9. The van der Waals surface area contributed by atoms with Crippen LogP contribution < -0.4 is 10.6 Å². The van der Waals surface area contributed by atoms with Crippen molar-refractivity contribution < 1.29 is 28.8 Å². The van der Waals surface area contributed by atoms with Gasteiger partial charge in [0.2, 0.25) is 0 Å². The number of nitro benzene ring substituents is 1. The Labute approximate surface area is 143 Å². The number of esters is 2. The highest BCUT2D eigenvalue weighted by Gasteiger charge is 2.20. The number of carbonyl (C=O) groups excluding carboxylic acids is 3. The van der Waals surface area contributed by atoms with E-state index in [0.717, 1.165) is 0 Å². The van der Waals surface area contributed by atoms with Crippen LogP contribution >= 0.6 is 0 Å². The number of hydrogen-bond acceptors (Lipinski definition) is 8. The van der Waals surface area contributed by atoms with Crippen LogP contribution in [-0.2, 0) is 19.1 Å². The van der Waals surface area contributed by atoms with E-state index in [2.05, 4.69) is 0 Å². The highest BCUT2D eigenvalue weighted by Crippen LogP contribution is 2.24. The summed E-state index contributed by atoms with van der Waals surface area (Å²) in [7, 11) is 0. The summed E-state index contributed by atoms with van der Waals surface area (Å²) >= 11 is 0. The number of nitrogens with zero attached hydrogens (tertiary/aromatic N) is 2. The number of primary amides is 1. The average Bonchev–Trinajstić information content (AvgIpc) is 2.52. The van der Waals surface area contributed by atoms with E-state index in [0.29, 0.717) is 5.69 Å². The molecule has 0 saturated heterocycles. The van der Waals surface area contributed by atoms with Crippen LogP contribution in [0.25, 0.3) is 0 Å². The van der Waals surface area contributed by atoms with Crippen molar-refractivity contribution >= 4 is 29.2 Å². The summed E-state index contributed by atoms with van der Waals surface area (Å²) in [6.07, 6.45) is 0. The van der Waals surface area contributed by atoms with Crippen LogP contribution in [-0.4, -0.2) is 49.1 Å². The van der Waals surface area contributed by atoms with Crippen molar-refractivity contribution in [2.45, 2.75) is 13.8 Å². The Balaban J connectivity index is 3.03. The number of benzene rings is 1. The van der Waals surface area contributed by atoms with Gasteiger partial charge in [-0.2, -0.15) is 0 Å². The number of anilines is 1. The van der Waals surface area contributed by atoms with Crippen molar-refractivity contribution in [1.29, 1.82) is 0 Å². The summed E-state index contributed by atoms with van der Waals surface area (Å²) in [6.45, 7) is 3.10. The molecule has 0 aliphatic rings. The Morgan fingerprint density at radius 3 is 2.04 bits per heavy atom. The second-order valence-electron chi connectivity index (χ2n) is 4.99. The summed E-state index contributed by atoms with van der Waals surface area (Å²) in [5.74, 6) is -1.85. The molecule has 0 bridgehead atoms. The number of nitrogens with two attached hydrogens (primary N) is 1. The second kappa shape index (κ2) is 9.21. The van der Waals surface area contributed by atoms with Crippen LogP contribution in [0, 0.1) is 10.1 Å². The topological polar surface area (TPSA) is 142 Å². The van der Waals surface area contributed by atoms with E-state index in [1.807, 2.05) is 0 Å². The van der Waals surface area contributed by atoms with Gasteiger partial charge in [0.1, 0.15) is 18.8 Å². The normalized spacial score (nSPS) is 10.0. The smallest absolute Gasteiger partial charge is 0.302 e. The zero-order valence-electron chi connectivity index (χ0n) is 13.9. The fraction of sp³-hybridized carbons (Fsp3) is 0.400. The highest BCUT2D eigenvalue weighted by atomic mass is 16.6. The van der Waals surface area contributed by atoms with Gasteiger partial charge in [0, 0.05) is 25.6 Å². The lowest BCUT2D eigenvalue weighted by Crippen LogP contribution is -2.32. The molecule has 1 aromatic rings. The van der Waals surface area contributed by atoms with Crippen LogP contribution in [0.2, 0.25) is 0 Å². The first-order valence-electron chi connectivity index (χ1n) is 7.32. The molecule has 1 rings (SSSR count). The Kier molecular flexibility index (Phi) is 7.32. The number of hydrogen-bond donors (Lipinski definition) is 1. The second-order valence-corrected chi connectivity index (χ2v) is 4.99. The highest BCUT2D eigenvalue weighted by molar-refractivity contribution is 5.98. The molecule has 0 aliphatic heterocycles. The van der Waals surface area contributed by atoms with Crippen molar-refractivity contribution in [3.8, 4) is 0 Å². The minimum atomic E-state index is -0.937. The molecule has 0 radical (unpaired) electrons. The monoisotopic (exact) mass is 353 g/mol. The molecule has 0 fully saturated rings. The van der Waals surface area contributed by atoms with E-state index in [1.54, 1.807) is 4.90 Å². The van der Waals surface area contributed by atoms with Gasteiger partial charge >= 0.3 is 11.9 Å². The molecule has 0 saturated carbocycles. The maximum absolute atomic E-state index is 11.5. The van der Waals surface area contributed by atoms with Gasteiger partial charge in [0.15, 0.2) is 0 Å². The summed E-state index contributed by atoms with van der Waals surface area (Å²) in [6, 6.07) is 3.88. The minimum Gasteiger partial charge on any atom is -0.464 e. The number of nitro groups is 1. The SMILES string of the molecule is CC(=O)OCCN(CCOC(C)=O)c1ccc([N+](=O)[O-])c(C(N)=O)c1. The zero-order chi connectivity index (χ0) is 19.0. The van der Waals surface area contributed by atoms with E-state index < -0.39 is 28.5 Å². The van der Waals surface area contributed by atoms with Crippen molar-refractivity contribution in [1.82, 2.24) is 0 Å². The average molecular weight is 353 g/mol. The molecule has 0 aromatic heterocycles. The van der Waals surface area contributed by atoms with Crippen LogP contribution in [0.4, 0.5) is 11.4 Å². The molecule has 0 heterocycles. The lowest BCUT2D eigenvalue weighted by molar-refractivity contribution is -0.385. The standard InChI is InChI=1S/C15H19N3O7/c1-10(19)24-7-5-17(6-8-25-11(2)20)12-3-4-14(18(22)23)13(9-12)15(16)21/h3-4,9H,5-8H2,1-2H3,(H2,16,21). The van der Waals surface area contributed by atoms with Gasteiger partial charge in [-0.15, -0.1) is 0 Å². The van der Waals surface area contributed by atoms with Gasteiger partial charge in [-0.05, 0) is 12.1 Å². The van der Waals surface area contributed by atoms with Crippen LogP contribution in [0.5, 0.6) is 0 Å². The van der Waals surface area contributed by atoms with Crippen LogP contribution in [0.15, 0.2) is 18.2 Å². The maximum Gasteiger partial charge on any atom is 0.302 e. The third-order valence-corrected chi connectivity index (χ3v) is 3.14. The zero-order valence-corrected chi connectivity index (χ0v) is 13.9. The van der Waals surface area contributed by atoms with Crippen molar-refractivity contribution in [3.63, 3.8) is 0 Å². The number of rotatable bonds is 9. The number of ether oxygens (including phenoxy) is 2. The number of amides is 1. The van der Waals surface area contributed by atoms with Crippen molar-refractivity contribution in [3.05, 3.63) is 33.9 Å². The van der Waals surface area contributed by atoms with Gasteiger partial charge in [-0.25, -0.2) is 0 Å². The van der Waals surface area contributed by atoms with E-state index in [-0.39, 0.29) is 31.9 Å². The Hall–Kier alpha value is -3.17. The summed E-state index contributed by atoms with van der Waals surface area (Å²) in [5.41, 5.74) is 4.99. The first-order chi connectivity index (χ1) is 11.7. The summed E-state index contributed by atoms with van der Waals surface area (Å²) in [5, 5.41) is 11.0. The Morgan fingerprint density at radius 1 is 1.12 bits per heavy atom. The predicted octanol–water partition coefficient (Wildman–Crippen LogP) is 0.626. The first-order valence-corrected chi connectivity index (χ1v) is 7.32. The molecular weight excluding hydrogens is 334 g/mol. The molecule has 0 atom stereocenters. The maximum atomic E-state index is 11.5. The van der Waals surface area contributed by atoms with Crippen LogP contribution in [0.1, 0.15) is 24.2 Å². The quantitative estimate of drug-likeness (QED) is 0.387. The molecule has 10 heteroatoms. The van der Waals surface area contributed by atoms with Crippen molar-refractivity contribution in [2.75, 3.05) is 31.2 Å². The van der Waals surface area contributed by atoms with Gasteiger partial charge in [0.05, 0.1) is 18.0 Å². The predicted molar refractivity (Wildman–Crippen MR) is 87.1 cm³/mol. The lowest BCUT2D eigenvalue weighted by atomic mass is 10.1. The van der Waals surface area contributed by atoms with Gasteiger partial charge in [0.25, 0.3) is 11.6 Å². The summed E-state index contributed by atoms with van der Waals surface area (Å²) < 4.78 is 9.75. The molecule has 0 aliphatic carbocycles. The summed E-state index contributed by atoms with van der Waals surface area (Å²) in [4.78, 5) is 45.2. The third kappa shape index (κ3) is 6.45. The molecule has 1 aromatic carbocycles. The molecule has 1 amide bonds. The number of carbonyl (C=O) groups is 3. The Morgan fingerprint density at radius 2 is 1.64 bits per heavy atom.